The lowest BCUT2D eigenvalue weighted by atomic mass is 9.73. The largest absolute Gasteiger partial charge is 0.488 e. The van der Waals surface area contributed by atoms with Crippen molar-refractivity contribution in [2.75, 3.05) is 6.61 Å². The van der Waals surface area contributed by atoms with Crippen LogP contribution in [0.4, 0.5) is 8.78 Å². The number of ether oxygens (including phenoxy) is 1. The third-order valence-electron chi connectivity index (χ3n) is 7.77. The lowest BCUT2D eigenvalue weighted by molar-refractivity contribution is 0.0819. The summed E-state index contributed by atoms with van der Waals surface area (Å²) in [5, 5.41) is 0. The quantitative estimate of drug-likeness (QED) is 0.253. The molecular weight excluding hydrogens is 394 g/mol. The lowest BCUT2D eigenvalue weighted by Crippen LogP contribution is -2.28. The molecule has 3 rings (SSSR count). The summed E-state index contributed by atoms with van der Waals surface area (Å²) in [6.07, 6.45) is 13.1. The number of aryl methyl sites for hydroxylation is 1. The van der Waals surface area contributed by atoms with Crippen molar-refractivity contribution >= 4 is 8.80 Å². The van der Waals surface area contributed by atoms with Crippen LogP contribution in [0.1, 0.15) is 76.7 Å². The van der Waals surface area contributed by atoms with Gasteiger partial charge in [-0.1, -0.05) is 82.1 Å². The molecule has 1 aliphatic heterocycles. The molecule has 1 heterocycles. The van der Waals surface area contributed by atoms with E-state index in [9.17, 15) is 8.78 Å². The van der Waals surface area contributed by atoms with E-state index in [1.807, 2.05) is 24.3 Å². The highest BCUT2D eigenvalue weighted by Gasteiger charge is 2.30. The Kier molecular flexibility index (Phi) is 10.2. The molecule has 0 radical (unpaired) electrons. The summed E-state index contributed by atoms with van der Waals surface area (Å²) in [6, 6.07) is 12.5. The summed E-state index contributed by atoms with van der Waals surface area (Å²) in [7, 11) is -0.325. The number of rotatable bonds is 11. The van der Waals surface area contributed by atoms with E-state index in [0.29, 0.717) is 5.75 Å². The molecule has 0 spiro atoms. The van der Waals surface area contributed by atoms with E-state index in [1.165, 1.54) is 56.9 Å². The topological polar surface area (TPSA) is 9.23 Å². The van der Waals surface area contributed by atoms with Gasteiger partial charge in [0.25, 0.3) is 6.43 Å². The van der Waals surface area contributed by atoms with Crippen LogP contribution >= 0.6 is 0 Å². The first-order chi connectivity index (χ1) is 14.6. The molecule has 1 aliphatic carbocycles. The molecule has 2 fully saturated rings. The molecule has 4 heteroatoms. The van der Waals surface area contributed by atoms with Gasteiger partial charge in [0.15, 0.2) is 0 Å². The first-order valence-corrected chi connectivity index (χ1v) is 15.1. The molecule has 1 saturated carbocycles. The van der Waals surface area contributed by atoms with Crippen LogP contribution in [0.2, 0.25) is 18.1 Å². The SMILES string of the molecule is CCC[Si@H]1CC[C@H]([C@H]2CC[C@H](CCCCc3ccc(OCC(F)F)cc3)CC2)CC1. The van der Waals surface area contributed by atoms with Crippen LogP contribution in [-0.4, -0.2) is 21.8 Å². The number of benzene rings is 1. The molecule has 0 unspecified atom stereocenters. The molecule has 0 N–H and O–H groups in total. The van der Waals surface area contributed by atoms with Crippen molar-refractivity contribution in [3.05, 3.63) is 29.8 Å². The second-order valence-corrected chi connectivity index (χ2v) is 13.4. The fraction of sp³-hybridized carbons (Fsp3) is 0.769. The van der Waals surface area contributed by atoms with Crippen molar-refractivity contribution in [3.8, 4) is 5.75 Å². The molecule has 1 aromatic rings. The second-order valence-electron chi connectivity index (χ2n) is 9.94. The third-order valence-corrected chi connectivity index (χ3v) is 11.5. The minimum absolute atomic E-state index is 0.325. The van der Waals surface area contributed by atoms with Crippen molar-refractivity contribution in [1.82, 2.24) is 0 Å². The summed E-state index contributed by atoms with van der Waals surface area (Å²) in [5.74, 6) is 3.61. The molecule has 1 aromatic carbocycles. The Morgan fingerprint density at radius 1 is 0.933 bits per heavy atom. The van der Waals surface area contributed by atoms with Gasteiger partial charge in [-0.25, -0.2) is 8.78 Å². The van der Waals surface area contributed by atoms with Gasteiger partial charge in [0, 0.05) is 8.80 Å². The Labute approximate surface area is 184 Å². The molecule has 0 atom stereocenters. The maximum Gasteiger partial charge on any atom is 0.272 e. The van der Waals surface area contributed by atoms with E-state index in [0.717, 1.165) is 24.2 Å². The molecule has 1 saturated heterocycles. The van der Waals surface area contributed by atoms with Gasteiger partial charge < -0.3 is 4.74 Å². The van der Waals surface area contributed by atoms with Crippen molar-refractivity contribution in [1.29, 1.82) is 0 Å². The monoisotopic (exact) mass is 436 g/mol. The van der Waals surface area contributed by atoms with Gasteiger partial charge in [-0.05, 0) is 61.1 Å². The summed E-state index contributed by atoms with van der Waals surface area (Å²) in [4.78, 5) is 0. The zero-order chi connectivity index (χ0) is 21.2. The molecule has 0 bridgehead atoms. The van der Waals surface area contributed by atoms with Gasteiger partial charge in [0.05, 0.1) is 0 Å². The normalized spacial score (nSPS) is 27.3. The van der Waals surface area contributed by atoms with Gasteiger partial charge in [-0.15, -0.1) is 0 Å². The Morgan fingerprint density at radius 2 is 1.60 bits per heavy atom. The van der Waals surface area contributed by atoms with Gasteiger partial charge >= 0.3 is 0 Å². The average Bonchev–Trinajstić information content (AvgIpc) is 2.77. The van der Waals surface area contributed by atoms with Crippen LogP contribution < -0.4 is 4.74 Å². The fourth-order valence-electron chi connectivity index (χ4n) is 5.98. The molecule has 30 heavy (non-hydrogen) atoms. The molecule has 0 amide bonds. The minimum atomic E-state index is -2.41. The molecule has 170 valence electrons. The van der Waals surface area contributed by atoms with Crippen molar-refractivity contribution in [2.45, 2.75) is 102 Å². The second kappa shape index (κ2) is 12.8. The first-order valence-electron chi connectivity index (χ1n) is 12.6. The molecular formula is C26H42F2OSi. The number of alkyl halides is 2. The predicted octanol–water partition coefficient (Wildman–Crippen LogP) is 7.90. The van der Waals surface area contributed by atoms with E-state index in [4.69, 9.17) is 4.74 Å². The first kappa shape index (κ1) is 23.8. The van der Waals surface area contributed by atoms with E-state index in [-0.39, 0.29) is 8.80 Å². The average molecular weight is 437 g/mol. The number of halogens is 2. The van der Waals surface area contributed by atoms with Crippen molar-refractivity contribution in [2.24, 2.45) is 17.8 Å². The zero-order valence-electron chi connectivity index (χ0n) is 19.0. The van der Waals surface area contributed by atoms with E-state index < -0.39 is 13.0 Å². The Balaban J connectivity index is 1.26. The van der Waals surface area contributed by atoms with Crippen LogP contribution in [0.15, 0.2) is 24.3 Å². The predicted molar refractivity (Wildman–Crippen MR) is 126 cm³/mol. The minimum Gasteiger partial charge on any atom is -0.488 e. The summed E-state index contributed by atoms with van der Waals surface area (Å²) < 4.78 is 29.4. The third kappa shape index (κ3) is 7.98. The molecule has 1 nitrogen and oxygen atoms in total. The van der Waals surface area contributed by atoms with Crippen molar-refractivity contribution < 1.29 is 13.5 Å². The van der Waals surface area contributed by atoms with E-state index in [1.54, 1.807) is 31.0 Å². The Morgan fingerprint density at radius 3 is 2.23 bits per heavy atom. The van der Waals surface area contributed by atoms with Crippen molar-refractivity contribution in [3.63, 3.8) is 0 Å². The number of unbranched alkanes of at least 4 members (excludes halogenated alkanes) is 1. The lowest BCUT2D eigenvalue weighted by Gasteiger charge is -2.37. The maximum absolute atomic E-state index is 12.2. The van der Waals surface area contributed by atoms with Gasteiger partial charge in [0.1, 0.15) is 12.4 Å². The van der Waals surface area contributed by atoms with Crippen LogP contribution in [0.5, 0.6) is 5.75 Å². The summed E-state index contributed by atoms with van der Waals surface area (Å²) >= 11 is 0. The van der Waals surface area contributed by atoms with Gasteiger partial charge in [-0.3, -0.25) is 0 Å². The molecule has 2 aliphatic rings. The van der Waals surface area contributed by atoms with Gasteiger partial charge in [-0.2, -0.15) is 0 Å². The highest BCUT2D eigenvalue weighted by atomic mass is 28.3. The van der Waals surface area contributed by atoms with Gasteiger partial charge in [0.2, 0.25) is 0 Å². The fourth-order valence-corrected chi connectivity index (χ4v) is 9.46. The summed E-state index contributed by atoms with van der Waals surface area (Å²) in [6.45, 7) is 1.84. The highest BCUT2D eigenvalue weighted by molar-refractivity contribution is 6.58. The molecule has 0 aromatic heterocycles. The smallest absolute Gasteiger partial charge is 0.272 e. The standard InChI is InChI=1S/C26H42F2OSi/c1-2-17-30-18-15-24(16-19-30)23-11-7-21(8-12-23)5-3-4-6-22-9-13-25(14-10-22)29-20-26(27)28/h9-10,13-14,21,23-24,26,30H,2-8,11-12,15-20H2,1H3/t21-,23-,24-,30-. The number of hydrogen-bond donors (Lipinski definition) is 0. The summed E-state index contributed by atoms with van der Waals surface area (Å²) in [5.41, 5.74) is 1.28. The zero-order valence-corrected chi connectivity index (χ0v) is 20.1. The van der Waals surface area contributed by atoms with Crippen LogP contribution in [-0.2, 0) is 6.42 Å². The van der Waals surface area contributed by atoms with Crippen LogP contribution in [0.25, 0.3) is 0 Å². The number of hydrogen-bond acceptors (Lipinski definition) is 1. The Hall–Kier alpha value is -0.903. The van der Waals surface area contributed by atoms with Crippen LogP contribution in [0, 0.1) is 17.8 Å². The maximum atomic E-state index is 12.2. The Bertz CT molecular complexity index is 575. The highest BCUT2D eigenvalue weighted by Crippen LogP contribution is 2.42. The van der Waals surface area contributed by atoms with E-state index in [2.05, 4.69) is 6.92 Å². The van der Waals surface area contributed by atoms with E-state index >= 15 is 0 Å². The van der Waals surface area contributed by atoms with Crippen LogP contribution in [0.3, 0.4) is 0 Å².